The third kappa shape index (κ3) is 2.99. The summed E-state index contributed by atoms with van der Waals surface area (Å²) in [5, 5.41) is 2.89. The highest BCUT2D eigenvalue weighted by Crippen LogP contribution is 2.18. The van der Waals surface area contributed by atoms with Crippen LogP contribution in [0.15, 0.2) is 46.9 Å². The molecule has 0 aliphatic carbocycles. The number of nitrogens with one attached hydrogen (secondary N) is 1. The lowest BCUT2D eigenvalue weighted by molar-refractivity contribution is 0.102. The molecule has 0 heterocycles. The highest BCUT2D eigenvalue weighted by Gasteiger charge is 2.07. The Labute approximate surface area is 115 Å². The summed E-state index contributed by atoms with van der Waals surface area (Å²) in [6, 6.07) is 13.3. The molecule has 0 aliphatic heterocycles. The summed E-state index contributed by atoms with van der Waals surface area (Å²) >= 11 is 3.42. The van der Waals surface area contributed by atoms with Crippen LogP contribution in [0, 0.1) is 13.8 Å². The summed E-state index contributed by atoms with van der Waals surface area (Å²) in [6.07, 6.45) is 0. The standard InChI is InChI=1S/C15H14BrNO/c1-10-4-3-5-13(8-10)17-15(18)12-6-7-14(16)11(2)9-12/h3-9H,1-2H3,(H,17,18). The third-order valence-electron chi connectivity index (χ3n) is 2.70. The van der Waals surface area contributed by atoms with Gasteiger partial charge in [0.2, 0.25) is 0 Å². The Morgan fingerprint density at radius 3 is 2.56 bits per heavy atom. The molecule has 0 bridgehead atoms. The quantitative estimate of drug-likeness (QED) is 0.879. The fourth-order valence-electron chi connectivity index (χ4n) is 1.71. The van der Waals surface area contributed by atoms with Crippen molar-refractivity contribution in [1.82, 2.24) is 0 Å². The molecule has 0 atom stereocenters. The Morgan fingerprint density at radius 2 is 1.89 bits per heavy atom. The first-order valence-corrected chi connectivity index (χ1v) is 6.50. The molecule has 0 fully saturated rings. The number of rotatable bonds is 2. The Hall–Kier alpha value is -1.61. The van der Waals surface area contributed by atoms with Gasteiger partial charge in [-0.05, 0) is 55.3 Å². The molecule has 0 radical (unpaired) electrons. The Kier molecular flexibility index (Phi) is 3.82. The fourth-order valence-corrected chi connectivity index (χ4v) is 1.96. The molecule has 3 heteroatoms. The summed E-state index contributed by atoms with van der Waals surface area (Å²) in [4.78, 5) is 12.1. The molecule has 0 unspecified atom stereocenters. The van der Waals surface area contributed by atoms with Gasteiger partial charge in [0.15, 0.2) is 0 Å². The van der Waals surface area contributed by atoms with Crippen molar-refractivity contribution in [1.29, 1.82) is 0 Å². The average Bonchev–Trinajstić information content (AvgIpc) is 2.32. The van der Waals surface area contributed by atoms with Crippen molar-refractivity contribution in [2.24, 2.45) is 0 Å². The summed E-state index contributed by atoms with van der Waals surface area (Å²) in [5.74, 6) is -0.0869. The lowest BCUT2D eigenvalue weighted by atomic mass is 10.1. The minimum Gasteiger partial charge on any atom is -0.322 e. The van der Waals surface area contributed by atoms with E-state index < -0.39 is 0 Å². The number of hydrogen-bond acceptors (Lipinski definition) is 1. The number of halogens is 1. The molecule has 0 saturated carbocycles. The summed E-state index contributed by atoms with van der Waals surface area (Å²) < 4.78 is 1.01. The van der Waals surface area contributed by atoms with Crippen LogP contribution in [0.5, 0.6) is 0 Å². The van der Waals surface area contributed by atoms with Crippen LogP contribution in [-0.4, -0.2) is 5.91 Å². The van der Waals surface area contributed by atoms with E-state index in [1.54, 1.807) is 0 Å². The molecule has 1 amide bonds. The lowest BCUT2D eigenvalue weighted by Crippen LogP contribution is -2.12. The van der Waals surface area contributed by atoms with Crippen LogP contribution in [0.4, 0.5) is 5.69 Å². The van der Waals surface area contributed by atoms with Crippen LogP contribution in [-0.2, 0) is 0 Å². The maximum absolute atomic E-state index is 12.1. The van der Waals surface area contributed by atoms with Crippen LogP contribution < -0.4 is 5.32 Å². The topological polar surface area (TPSA) is 29.1 Å². The highest BCUT2D eigenvalue weighted by molar-refractivity contribution is 9.10. The zero-order valence-electron chi connectivity index (χ0n) is 10.3. The van der Waals surface area contributed by atoms with Gasteiger partial charge in [-0.3, -0.25) is 4.79 Å². The summed E-state index contributed by atoms with van der Waals surface area (Å²) in [5.41, 5.74) is 3.66. The van der Waals surface area contributed by atoms with Gasteiger partial charge in [0, 0.05) is 15.7 Å². The Balaban J connectivity index is 2.19. The highest BCUT2D eigenvalue weighted by atomic mass is 79.9. The molecule has 0 aliphatic rings. The maximum atomic E-state index is 12.1. The van der Waals surface area contributed by atoms with Crippen LogP contribution in [0.25, 0.3) is 0 Å². The zero-order chi connectivity index (χ0) is 13.1. The van der Waals surface area contributed by atoms with Gasteiger partial charge in [0.05, 0.1) is 0 Å². The fraction of sp³-hybridized carbons (Fsp3) is 0.133. The number of anilines is 1. The molecule has 92 valence electrons. The van der Waals surface area contributed by atoms with E-state index in [2.05, 4.69) is 21.2 Å². The van der Waals surface area contributed by atoms with Crippen LogP contribution in [0.1, 0.15) is 21.5 Å². The number of hydrogen-bond donors (Lipinski definition) is 1. The SMILES string of the molecule is Cc1cccc(NC(=O)c2ccc(Br)c(C)c2)c1. The van der Waals surface area contributed by atoms with Crippen molar-refractivity contribution in [3.63, 3.8) is 0 Å². The predicted molar refractivity (Wildman–Crippen MR) is 78.0 cm³/mol. The van der Waals surface area contributed by atoms with E-state index in [9.17, 15) is 4.79 Å². The molecule has 0 aromatic heterocycles. The molecular formula is C15H14BrNO. The van der Waals surface area contributed by atoms with Gasteiger partial charge in [0.1, 0.15) is 0 Å². The summed E-state index contributed by atoms with van der Waals surface area (Å²) in [6.45, 7) is 3.97. The number of amides is 1. The van der Waals surface area contributed by atoms with Gasteiger partial charge >= 0.3 is 0 Å². The molecule has 18 heavy (non-hydrogen) atoms. The van der Waals surface area contributed by atoms with Crippen LogP contribution >= 0.6 is 15.9 Å². The van der Waals surface area contributed by atoms with Crippen molar-refractivity contribution in [3.8, 4) is 0 Å². The predicted octanol–water partition coefficient (Wildman–Crippen LogP) is 4.32. The average molecular weight is 304 g/mol. The van der Waals surface area contributed by atoms with E-state index in [0.29, 0.717) is 5.56 Å². The molecule has 0 saturated heterocycles. The first-order chi connectivity index (χ1) is 8.56. The Morgan fingerprint density at radius 1 is 1.11 bits per heavy atom. The molecule has 2 nitrogen and oxygen atoms in total. The van der Waals surface area contributed by atoms with Gasteiger partial charge < -0.3 is 5.32 Å². The minimum absolute atomic E-state index is 0.0869. The zero-order valence-corrected chi connectivity index (χ0v) is 11.9. The van der Waals surface area contributed by atoms with E-state index in [1.807, 2.05) is 56.3 Å². The van der Waals surface area contributed by atoms with Crippen molar-refractivity contribution in [3.05, 3.63) is 63.6 Å². The van der Waals surface area contributed by atoms with Crippen molar-refractivity contribution in [2.75, 3.05) is 5.32 Å². The monoisotopic (exact) mass is 303 g/mol. The number of benzene rings is 2. The number of carbonyl (C=O) groups is 1. The Bertz CT molecular complexity index is 593. The maximum Gasteiger partial charge on any atom is 0.255 e. The van der Waals surface area contributed by atoms with E-state index in [4.69, 9.17) is 0 Å². The van der Waals surface area contributed by atoms with Gasteiger partial charge in [0.25, 0.3) is 5.91 Å². The second-order valence-electron chi connectivity index (χ2n) is 4.29. The second kappa shape index (κ2) is 5.36. The van der Waals surface area contributed by atoms with Crippen molar-refractivity contribution >= 4 is 27.5 Å². The molecule has 1 N–H and O–H groups in total. The van der Waals surface area contributed by atoms with E-state index in [-0.39, 0.29) is 5.91 Å². The van der Waals surface area contributed by atoms with E-state index in [0.717, 1.165) is 21.3 Å². The lowest BCUT2D eigenvalue weighted by Gasteiger charge is -2.07. The van der Waals surface area contributed by atoms with E-state index in [1.165, 1.54) is 0 Å². The van der Waals surface area contributed by atoms with Gasteiger partial charge in [-0.2, -0.15) is 0 Å². The number of carbonyl (C=O) groups excluding carboxylic acids is 1. The molecule has 2 aromatic carbocycles. The third-order valence-corrected chi connectivity index (χ3v) is 3.59. The van der Waals surface area contributed by atoms with E-state index >= 15 is 0 Å². The van der Waals surface area contributed by atoms with Gasteiger partial charge in [-0.15, -0.1) is 0 Å². The largest absolute Gasteiger partial charge is 0.322 e. The second-order valence-corrected chi connectivity index (χ2v) is 5.14. The van der Waals surface area contributed by atoms with Crippen molar-refractivity contribution < 1.29 is 4.79 Å². The minimum atomic E-state index is -0.0869. The first kappa shape index (κ1) is 12.8. The molecule has 0 spiro atoms. The number of aryl methyl sites for hydroxylation is 2. The van der Waals surface area contributed by atoms with Crippen LogP contribution in [0.3, 0.4) is 0 Å². The molecular weight excluding hydrogens is 290 g/mol. The van der Waals surface area contributed by atoms with Crippen molar-refractivity contribution in [2.45, 2.75) is 13.8 Å². The normalized spacial score (nSPS) is 10.2. The first-order valence-electron chi connectivity index (χ1n) is 5.70. The van der Waals surface area contributed by atoms with Crippen LogP contribution in [0.2, 0.25) is 0 Å². The summed E-state index contributed by atoms with van der Waals surface area (Å²) in [7, 11) is 0. The smallest absolute Gasteiger partial charge is 0.255 e. The van der Waals surface area contributed by atoms with Gasteiger partial charge in [-0.1, -0.05) is 28.1 Å². The van der Waals surface area contributed by atoms with Gasteiger partial charge in [-0.25, -0.2) is 0 Å². The molecule has 2 rings (SSSR count). The molecule has 2 aromatic rings.